The van der Waals surface area contributed by atoms with Gasteiger partial charge in [0.2, 0.25) is 0 Å². The molecule has 9 heavy (non-hydrogen) atoms. The summed E-state index contributed by atoms with van der Waals surface area (Å²) >= 11 is 17.2. The van der Waals surface area contributed by atoms with E-state index in [1.807, 2.05) is 13.8 Å². The van der Waals surface area contributed by atoms with E-state index in [-0.39, 0.29) is 4.87 Å². The van der Waals surface area contributed by atoms with Crippen LogP contribution in [0.1, 0.15) is 27.2 Å². The predicted octanol–water partition coefficient (Wildman–Crippen LogP) is 3.59. The quantitative estimate of drug-likeness (QED) is 0.583. The molecule has 0 aromatic carbocycles. The molecule has 0 saturated carbocycles. The third kappa shape index (κ3) is 8.87. The van der Waals surface area contributed by atoms with Crippen molar-refractivity contribution in [1.82, 2.24) is 0 Å². The molecule has 0 nitrogen and oxygen atoms in total. The second-order valence-corrected chi connectivity index (χ2v) is 5.85. The van der Waals surface area contributed by atoms with Gasteiger partial charge in [0, 0.05) is 4.87 Å². The fourth-order valence-corrected chi connectivity index (χ4v) is 1.81. The summed E-state index contributed by atoms with van der Waals surface area (Å²) < 4.78 is -0.703. The summed E-state index contributed by atoms with van der Waals surface area (Å²) in [5.74, 6) is 0. The maximum Gasteiger partial charge on any atom is 0.117 e. The maximum absolute atomic E-state index is 5.85. The van der Waals surface area contributed by atoms with Gasteiger partial charge in [-0.15, -0.1) is 34.8 Å². The van der Waals surface area contributed by atoms with Crippen molar-refractivity contribution in [2.24, 2.45) is 0 Å². The van der Waals surface area contributed by atoms with Crippen molar-refractivity contribution in [1.29, 1.82) is 0 Å². The first-order valence-corrected chi connectivity index (χ1v) is 3.91. The number of hydrogen-bond acceptors (Lipinski definition) is 0. The Morgan fingerprint density at radius 1 is 1.00 bits per heavy atom. The molecule has 0 saturated heterocycles. The Bertz CT molecular complexity index is 73.5. The second-order valence-electron chi connectivity index (χ2n) is 2.97. The molecule has 56 valence electrons. The van der Waals surface area contributed by atoms with Gasteiger partial charge in [-0.3, -0.25) is 0 Å². The number of rotatable bonds is 2. The predicted molar refractivity (Wildman–Crippen MR) is 44.7 cm³/mol. The monoisotopic (exact) mass is 188 g/mol. The van der Waals surface area contributed by atoms with E-state index in [9.17, 15) is 0 Å². The van der Waals surface area contributed by atoms with E-state index in [0.717, 1.165) is 0 Å². The Kier molecular flexibility index (Phi) is 3.13. The first-order valence-electron chi connectivity index (χ1n) is 2.77. The van der Waals surface area contributed by atoms with Gasteiger partial charge in [0.1, 0.15) is 4.33 Å². The van der Waals surface area contributed by atoms with E-state index in [4.69, 9.17) is 34.8 Å². The van der Waals surface area contributed by atoms with Crippen molar-refractivity contribution in [2.45, 2.75) is 36.4 Å². The van der Waals surface area contributed by atoms with Gasteiger partial charge in [-0.1, -0.05) is 0 Å². The highest BCUT2D eigenvalue weighted by atomic mass is 35.5. The van der Waals surface area contributed by atoms with Gasteiger partial charge in [0.05, 0.1) is 0 Å². The Hall–Kier alpha value is 0.870. The van der Waals surface area contributed by atoms with E-state index in [2.05, 4.69) is 0 Å². The van der Waals surface area contributed by atoms with Crippen LogP contribution in [0.3, 0.4) is 0 Å². The lowest BCUT2D eigenvalue weighted by Gasteiger charge is -2.22. The van der Waals surface area contributed by atoms with Crippen LogP contribution in [0.25, 0.3) is 0 Å². The molecule has 0 aliphatic rings. The summed E-state index contributed by atoms with van der Waals surface area (Å²) in [6.07, 6.45) is 0.588. The van der Waals surface area contributed by atoms with Crippen LogP contribution in [0.4, 0.5) is 0 Å². The van der Waals surface area contributed by atoms with Crippen LogP contribution >= 0.6 is 34.8 Å². The fourth-order valence-electron chi connectivity index (χ4n) is 0.738. The van der Waals surface area contributed by atoms with E-state index in [1.54, 1.807) is 6.92 Å². The molecular weight excluding hydrogens is 178 g/mol. The Labute approximate surface area is 71.5 Å². The second kappa shape index (κ2) is 2.86. The van der Waals surface area contributed by atoms with Gasteiger partial charge < -0.3 is 0 Å². The molecule has 0 N–H and O–H groups in total. The van der Waals surface area contributed by atoms with Crippen molar-refractivity contribution < 1.29 is 0 Å². The fraction of sp³-hybridized carbons (Fsp3) is 1.00. The van der Waals surface area contributed by atoms with Gasteiger partial charge in [-0.25, -0.2) is 0 Å². The standard InChI is InChI=1S/C6H11Cl3/c1-5(2,7)4-6(3,8)9/h4H2,1-3H3. The highest BCUT2D eigenvalue weighted by Gasteiger charge is 2.26. The molecule has 0 radical (unpaired) electrons. The molecule has 0 fully saturated rings. The Balaban J connectivity index is 3.75. The lowest BCUT2D eigenvalue weighted by atomic mass is 10.1. The van der Waals surface area contributed by atoms with Crippen LogP contribution in [0.2, 0.25) is 0 Å². The molecule has 0 aliphatic heterocycles. The van der Waals surface area contributed by atoms with Crippen LogP contribution < -0.4 is 0 Å². The van der Waals surface area contributed by atoms with Gasteiger partial charge in [-0.2, -0.15) is 0 Å². The molecule has 3 heteroatoms. The van der Waals surface area contributed by atoms with Crippen molar-refractivity contribution in [3.8, 4) is 0 Å². The van der Waals surface area contributed by atoms with Gasteiger partial charge >= 0.3 is 0 Å². The van der Waals surface area contributed by atoms with Gasteiger partial charge in [-0.05, 0) is 27.2 Å². The average molecular weight is 190 g/mol. The summed E-state index contributed by atoms with van der Waals surface area (Å²) in [6, 6.07) is 0. The molecular formula is C6H11Cl3. The third-order valence-electron chi connectivity index (χ3n) is 0.731. The van der Waals surface area contributed by atoms with Crippen LogP contribution in [0, 0.1) is 0 Å². The molecule has 0 unspecified atom stereocenters. The Morgan fingerprint density at radius 2 is 1.33 bits per heavy atom. The topological polar surface area (TPSA) is 0 Å². The summed E-state index contributed by atoms with van der Waals surface area (Å²) in [6.45, 7) is 5.51. The Morgan fingerprint density at radius 3 is 1.33 bits per heavy atom. The molecule has 0 bridgehead atoms. The first-order chi connectivity index (χ1) is 3.71. The van der Waals surface area contributed by atoms with Crippen molar-refractivity contribution >= 4 is 34.8 Å². The van der Waals surface area contributed by atoms with E-state index < -0.39 is 4.33 Å². The summed E-state index contributed by atoms with van der Waals surface area (Å²) in [7, 11) is 0. The van der Waals surface area contributed by atoms with Crippen molar-refractivity contribution in [3.63, 3.8) is 0 Å². The highest BCUT2D eigenvalue weighted by Crippen LogP contribution is 2.33. The molecule has 0 aliphatic carbocycles. The van der Waals surface area contributed by atoms with Crippen LogP contribution in [0.5, 0.6) is 0 Å². The average Bonchev–Trinajstić information content (AvgIpc) is 1.14. The summed E-state index contributed by atoms with van der Waals surface area (Å²) in [4.78, 5) is -0.307. The maximum atomic E-state index is 5.85. The molecule has 0 rings (SSSR count). The molecule has 0 atom stereocenters. The van der Waals surface area contributed by atoms with Crippen LogP contribution in [-0.2, 0) is 0 Å². The first kappa shape index (κ1) is 9.87. The zero-order valence-corrected chi connectivity index (χ0v) is 8.11. The van der Waals surface area contributed by atoms with E-state index >= 15 is 0 Å². The lowest BCUT2D eigenvalue weighted by Crippen LogP contribution is -2.21. The molecule has 0 amide bonds. The zero-order valence-electron chi connectivity index (χ0n) is 5.84. The molecule has 0 aromatic rings. The normalized spacial score (nSPS) is 14.0. The minimum Gasteiger partial charge on any atom is -0.120 e. The zero-order chi connectivity index (χ0) is 7.71. The number of alkyl halides is 3. The minimum absolute atomic E-state index is 0.307. The molecule has 0 spiro atoms. The molecule has 0 aromatic heterocycles. The largest absolute Gasteiger partial charge is 0.120 e. The van der Waals surface area contributed by atoms with Crippen LogP contribution in [-0.4, -0.2) is 9.21 Å². The SMILES string of the molecule is CC(C)(Cl)CC(C)(Cl)Cl. The smallest absolute Gasteiger partial charge is 0.117 e. The highest BCUT2D eigenvalue weighted by molar-refractivity contribution is 6.48. The minimum atomic E-state index is -0.703. The van der Waals surface area contributed by atoms with Crippen molar-refractivity contribution in [2.75, 3.05) is 0 Å². The summed E-state index contributed by atoms with van der Waals surface area (Å²) in [5.41, 5.74) is 0. The number of hydrogen-bond donors (Lipinski definition) is 0. The number of halogens is 3. The lowest BCUT2D eigenvalue weighted by molar-refractivity contribution is 0.592. The van der Waals surface area contributed by atoms with Crippen LogP contribution in [0.15, 0.2) is 0 Å². The van der Waals surface area contributed by atoms with Crippen molar-refractivity contribution in [3.05, 3.63) is 0 Å². The third-order valence-corrected chi connectivity index (χ3v) is 1.13. The van der Waals surface area contributed by atoms with E-state index in [0.29, 0.717) is 6.42 Å². The molecule has 0 heterocycles. The van der Waals surface area contributed by atoms with E-state index in [1.165, 1.54) is 0 Å². The van der Waals surface area contributed by atoms with Gasteiger partial charge in [0.25, 0.3) is 0 Å². The van der Waals surface area contributed by atoms with Gasteiger partial charge in [0.15, 0.2) is 0 Å². The summed E-state index contributed by atoms with van der Waals surface area (Å²) in [5, 5.41) is 0.